The largest absolute Gasteiger partial charge is 0.439 e. The lowest BCUT2D eigenvalue weighted by atomic mass is 9.77. The molecule has 0 fully saturated rings. The quantitative estimate of drug-likeness (QED) is 0.237. The molecule has 0 spiro atoms. The summed E-state index contributed by atoms with van der Waals surface area (Å²) < 4.78 is 12.6. The molecule has 1 atom stereocenters. The van der Waals surface area contributed by atoms with E-state index in [2.05, 4.69) is 109 Å². The highest BCUT2D eigenvalue weighted by Crippen LogP contribution is 2.43. The summed E-state index contributed by atoms with van der Waals surface area (Å²) in [7, 11) is 0. The maximum absolute atomic E-state index is 6.41. The van der Waals surface area contributed by atoms with Gasteiger partial charge in [0.1, 0.15) is 5.52 Å². The second kappa shape index (κ2) is 9.27. The molecule has 8 rings (SSSR count). The number of hydrogen-bond donors (Lipinski definition) is 0. The summed E-state index contributed by atoms with van der Waals surface area (Å²) in [5, 5.41) is 4.80. The first kappa shape index (κ1) is 23.3. The highest BCUT2D eigenvalue weighted by molar-refractivity contribution is 5.94. The van der Waals surface area contributed by atoms with Crippen LogP contribution in [0.4, 0.5) is 5.69 Å². The molecule has 0 N–H and O–H groups in total. The molecular weight excluding hydrogens is 492 g/mol. The Labute approximate surface area is 233 Å². The monoisotopic (exact) mass is 522 g/mol. The minimum Gasteiger partial charge on any atom is -0.439 e. The highest BCUT2D eigenvalue weighted by atomic mass is 16.5. The molecule has 4 heteroatoms. The number of aromatic nitrogens is 1. The fraction of sp³-hybridized carbons (Fsp3) is 0.194. The molecule has 5 aromatic rings. The van der Waals surface area contributed by atoms with Crippen LogP contribution >= 0.6 is 0 Å². The Bertz CT molecular complexity index is 1880. The van der Waals surface area contributed by atoms with E-state index >= 15 is 0 Å². The molecule has 0 bridgehead atoms. The number of allylic oxidation sites excluding steroid dienone is 6. The average molecular weight is 523 g/mol. The van der Waals surface area contributed by atoms with Gasteiger partial charge < -0.3 is 14.1 Å². The van der Waals surface area contributed by atoms with Gasteiger partial charge in [-0.05, 0) is 101 Å². The van der Waals surface area contributed by atoms with Crippen LogP contribution in [0.15, 0.2) is 118 Å². The van der Waals surface area contributed by atoms with Crippen molar-refractivity contribution in [2.75, 3.05) is 11.4 Å². The maximum Gasteiger partial charge on any atom is 0.220 e. The molecule has 0 amide bonds. The Morgan fingerprint density at radius 1 is 0.850 bits per heavy atom. The van der Waals surface area contributed by atoms with Crippen LogP contribution in [0, 0.1) is 5.92 Å². The summed E-state index contributed by atoms with van der Waals surface area (Å²) in [6.07, 6.45) is 13.6. The van der Waals surface area contributed by atoms with Crippen LogP contribution in [0.1, 0.15) is 38.5 Å². The Morgan fingerprint density at radius 3 is 2.38 bits per heavy atom. The van der Waals surface area contributed by atoms with Gasteiger partial charge in [0, 0.05) is 18.7 Å². The van der Waals surface area contributed by atoms with Crippen LogP contribution < -0.4 is 9.64 Å². The van der Waals surface area contributed by atoms with E-state index in [0.29, 0.717) is 11.8 Å². The van der Waals surface area contributed by atoms with Crippen LogP contribution in [0.5, 0.6) is 5.75 Å². The van der Waals surface area contributed by atoms with E-state index < -0.39 is 0 Å². The fourth-order valence-corrected chi connectivity index (χ4v) is 6.47. The zero-order valence-corrected chi connectivity index (χ0v) is 22.6. The van der Waals surface area contributed by atoms with E-state index in [4.69, 9.17) is 14.1 Å². The molecule has 1 aliphatic heterocycles. The van der Waals surface area contributed by atoms with Gasteiger partial charge in [0.25, 0.3) is 0 Å². The third-order valence-corrected chi connectivity index (χ3v) is 8.54. The molecular formula is C36H30N2O2. The summed E-state index contributed by atoms with van der Waals surface area (Å²) in [5.41, 5.74) is 6.90. The maximum atomic E-state index is 6.41. The van der Waals surface area contributed by atoms with Crippen molar-refractivity contribution in [2.24, 2.45) is 5.92 Å². The molecule has 0 radical (unpaired) electrons. The molecule has 3 aliphatic rings. The predicted octanol–water partition coefficient (Wildman–Crippen LogP) is 9.33. The molecule has 0 saturated carbocycles. The minimum atomic E-state index is 0.613. The molecule has 196 valence electrons. The zero-order valence-electron chi connectivity index (χ0n) is 22.6. The van der Waals surface area contributed by atoms with Crippen LogP contribution in [0.2, 0.25) is 0 Å². The lowest BCUT2D eigenvalue weighted by molar-refractivity contribution is 0.438. The number of rotatable bonds is 3. The van der Waals surface area contributed by atoms with E-state index in [1.54, 1.807) is 0 Å². The summed E-state index contributed by atoms with van der Waals surface area (Å²) in [6.45, 7) is 3.05. The lowest BCUT2D eigenvalue weighted by Gasteiger charge is -2.28. The number of hydrogen-bond acceptors (Lipinski definition) is 4. The first-order chi connectivity index (χ1) is 19.7. The molecule has 2 heterocycles. The highest BCUT2D eigenvalue weighted by Gasteiger charge is 2.28. The number of benzene rings is 4. The molecule has 1 unspecified atom stereocenters. The first-order valence-electron chi connectivity index (χ1n) is 14.3. The third-order valence-electron chi connectivity index (χ3n) is 8.54. The Balaban J connectivity index is 1.10. The van der Waals surface area contributed by atoms with Gasteiger partial charge in [0.05, 0.1) is 5.69 Å². The molecule has 40 heavy (non-hydrogen) atoms. The number of fused-ring (bicyclic) bond motifs is 5. The van der Waals surface area contributed by atoms with Crippen molar-refractivity contribution >= 4 is 44.4 Å². The minimum absolute atomic E-state index is 0.613. The topological polar surface area (TPSA) is 38.5 Å². The standard InChI is InChI=1S/C36H30N2O2/c1-2-38-32-20-27-8-4-6-10-29(27)22-34(32)40-36(38)18-24-12-14-25-13-11-23(15-30(25)16-24)17-35-37-31-19-26-7-3-5-9-28(26)21-33(31)39-35/h3-10,15-22,25H,2,11-14H2,1H3/b23-17+,36-18-. The number of anilines is 1. The van der Waals surface area contributed by atoms with Gasteiger partial charge in [-0.25, -0.2) is 4.98 Å². The predicted molar refractivity (Wildman–Crippen MR) is 163 cm³/mol. The van der Waals surface area contributed by atoms with Crippen LogP contribution in [-0.2, 0) is 0 Å². The number of oxazole rings is 1. The Morgan fingerprint density at radius 2 is 1.57 bits per heavy atom. The Kier molecular flexibility index (Phi) is 5.41. The van der Waals surface area contributed by atoms with Crippen molar-refractivity contribution in [3.63, 3.8) is 0 Å². The molecule has 4 nitrogen and oxygen atoms in total. The lowest BCUT2D eigenvalue weighted by Crippen LogP contribution is -2.20. The van der Waals surface area contributed by atoms with E-state index in [9.17, 15) is 0 Å². The number of nitrogens with zero attached hydrogens (tertiary/aromatic N) is 2. The fourth-order valence-electron chi connectivity index (χ4n) is 6.47. The molecule has 4 aromatic carbocycles. The van der Waals surface area contributed by atoms with Crippen LogP contribution in [0.3, 0.4) is 0 Å². The van der Waals surface area contributed by atoms with Crippen molar-refractivity contribution in [3.05, 3.63) is 120 Å². The number of ether oxygens (including phenoxy) is 1. The molecule has 0 saturated heterocycles. The third kappa shape index (κ3) is 4.03. The van der Waals surface area contributed by atoms with Crippen molar-refractivity contribution in [3.8, 4) is 5.75 Å². The van der Waals surface area contributed by atoms with Crippen molar-refractivity contribution in [2.45, 2.75) is 32.6 Å². The summed E-state index contributed by atoms with van der Waals surface area (Å²) >= 11 is 0. The van der Waals surface area contributed by atoms with Crippen LogP contribution in [-0.4, -0.2) is 11.5 Å². The van der Waals surface area contributed by atoms with E-state index in [1.165, 1.54) is 44.7 Å². The SMILES string of the molecule is CCN1/C(=C/C2=CC3=C/C(=C/c4nc5cc6ccccc6cc5o4)CCC3CC2)Oc2cc3ccccc3cc21. The van der Waals surface area contributed by atoms with Crippen molar-refractivity contribution in [1.29, 1.82) is 0 Å². The van der Waals surface area contributed by atoms with E-state index in [-0.39, 0.29) is 0 Å². The zero-order chi connectivity index (χ0) is 26.6. The normalized spacial score (nSPS) is 20.6. The van der Waals surface area contributed by atoms with Gasteiger partial charge in [-0.1, -0.05) is 60.7 Å². The van der Waals surface area contributed by atoms with Gasteiger partial charge in [0.2, 0.25) is 11.8 Å². The van der Waals surface area contributed by atoms with Crippen LogP contribution in [0.25, 0.3) is 38.7 Å². The second-order valence-corrected chi connectivity index (χ2v) is 11.1. The van der Waals surface area contributed by atoms with Gasteiger partial charge in [-0.15, -0.1) is 0 Å². The molecule has 1 aromatic heterocycles. The second-order valence-electron chi connectivity index (χ2n) is 11.1. The summed E-state index contributed by atoms with van der Waals surface area (Å²) in [5.74, 6) is 3.15. The van der Waals surface area contributed by atoms with Gasteiger partial charge >= 0.3 is 0 Å². The van der Waals surface area contributed by atoms with Gasteiger partial charge in [-0.2, -0.15) is 0 Å². The average Bonchev–Trinajstić information content (AvgIpc) is 3.52. The van der Waals surface area contributed by atoms with Gasteiger partial charge in [-0.3, -0.25) is 0 Å². The van der Waals surface area contributed by atoms with Crippen molar-refractivity contribution < 1.29 is 9.15 Å². The smallest absolute Gasteiger partial charge is 0.220 e. The van der Waals surface area contributed by atoms with E-state index in [0.717, 1.165) is 54.2 Å². The molecule has 2 aliphatic carbocycles. The summed E-state index contributed by atoms with van der Waals surface area (Å²) in [6, 6.07) is 25.4. The Hall–Kier alpha value is -4.57. The van der Waals surface area contributed by atoms with Gasteiger partial charge in [0.15, 0.2) is 11.3 Å². The van der Waals surface area contributed by atoms with E-state index in [1.807, 2.05) is 0 Å². The first-order valence-corrected chi connectivity index (χ1v) is 14.3. The van der Waals surface area contributed by atoms with Crippen molar-refractivity contribution in [1.82, 2.24) is 4.98 Å². The summed E-state index contributed by atoms with van der Waals surface area (Å²) in [4.78, 5) is 7.07.